The average Bonchev–Trinajstić information content (AvgIpc) is 2.92. The van der Waals surface area contributed by atoms with Crippen molar-refractivity contribution in [3.8, 4) is 40.2 Å². The van der Waals surface area contributed by atoms with Gasteiger partial charge in [-0.2, -0.15) is 5.26 Å². The van der Waals surface area contributed by atoms with E-state index in [2.05, 4.69) is 44.2 Å². The number of aromatic nitrogens is 3. The molecule has 1 aromatic heterocycles. The standard InChI is InChI=1S/C33H32N4/c1-22-16-25-17-23(2)19-33(18-22,20-25)29-14-12-28(13-15-29)32-36-30(26-6-4-3-5-7-26)35-31(37-32)27-10-8-24(21-34)9-11-27/h3-15,22-23,25H,16-20H2,1-2H3/t22-,23+,25-,33?. The van der Waals surface area contributed by atoms with Gasteiger partial charge >= 0.3 is 0 Å². The van der Waals surface area contributed by atoms with Crippen molar-refractivity contribution in [3.63, 3.8) is 0 Å². The summed E-state index contributed by atoms with van der Waals surface area (Å²) < 4.78 is 0. The van der Waals surface area contributed by atoms with Gasteiger partial charge < -0.3 is 0 Å². The first-order valence-electron chi connectivity index (χ1n) is 13.4. The van der Waals surface area contributed by atoms with Crippen molar-refractivity contribution in [2.45, 2.75) is 51.4 Å². The minimum Gasteiger partial charge on any atom is -0.208 e. The molecule has 2 aliphatic rings. The SMILES string of the molecule is C[C@@H]1C[C@@H]2C[C@H](C)CC(c3ccc(-c4nc(-c5ccccc5)nc(-c5ccc(C#N)cc5)n4)cc3)(C1)C2. The van der Waals surface area contributed by atoms with Crippen molar-refractivity contribution in [1.82, 2.24) is 15.0 Å². The molecular formula is C33H32N4. The molecule has 184 valence electrons. The Morgan fingerprint density at radius 1 is 0.649 bits per heavy atom. The molecular weight excluding hydrogens is 452 g/mol. The van der Waals surface area contributed by atoms with Crippen LogP contribution < -0.4 is 0 Å². The number of hydrogen-bond donors (Lipinski definition) is 0. The van der Waals surface area contributed by atoms with Gasteiger partial charge in [0, 0.05) is 16.7 Å². The van der Waals surface area contributed by atoms with Crippen LogP contribution in [0.3, 0.4) is 0 Å². The van der Waals surface area contributed by atoms with Crippen molar-refractivity contribution in [2.75, 3.05) is 0 Å². The maximum absolute atomic E-state index is 9.19. The van der Waals surface area contributed by atoms with Crippen LogP contribution in [0.4, 0.5) is 0 Å². The van der Waals surface area contributed by atoms with Gasteiger partial charge in [-0.15, -0.1) is 0 Å². The monoisotopic (exact) mass is 484 g/mol. The summed E-state index contributed by atoms with van der Waals surface area (Å²) in [6, 6.07) is 28.7. The fraction of sp³-hybridized carbons (Fsp3) is 0.333. The van der Waals surface area contributed by atoms with E-state index in [4.69, 9.17) is 15.0 Å². The Labute approximate surface area is 219 Å². The Kier molecular flexibility index (Phi) is 6.08. The summed E-state index contributed by atoms with van der Waals surface area (Å²) in [6.45, 7) is 4.87. The van der Waals surface area contributed by atoms with Gasteiger partial charge in [0.05, 0.1) is 11.6 Å². The molecule has 37 heavy (non-hydrogen) atoms. The molecule has 2 aliphatic carbocycles. The Balaban J connectivity index is 1.40. The van der Waals surface area contributed by atoms with Gasteiger partial charge in [-0.25, -0.2) is 15.0 Å². The van der Waals surface area contributed by atoms with E-state index in [0.29, 0.717) is 28.5 Å². The first-order chi connectivity index (χ1) is 18.0. The molecule has 1 unspecified atom stereocenters. The largest absolute Gasteiger partial charge is 0.208 e. The van der Waals surface area contributed by atoms with Gasteiger partial charge in [-0.05, 0) is 85.1 Å². The Bertz CT molecular complexity index is 1420. The van der Waals surface area contributed by atoms with Crippen LogP contribution in [0.15, 0.2) is 78.9 Å². The van der Waals surface area contributed by atoms with Crippen LogP contribution in [0.2, 0.25) is 0 Å². The normalized spacial score (nSPS) is 24.8. The molecule has 0 saturated heterocycles. The van der Waals surface area contributed by atoms with Crippen LogP contribution in [-0.2, 0) is 5.41 Å². The van der Waals surface area contributed by atoms with E-state index in [1.165, 1.54) is 37.7 Å². The van der Waals surface area contributed by atoms with E-state index in [0.717, 1.165) is 34.4 Å². The molecule has 4 heteroatoms. The van der Waals surface area contributed by atoms with Crippen LogP contribution in [-0.4, -0.2) is 15.0 Å². The van der Waals surface area contributed by atoms with E-state index >= 15 is 0 Å². The first kappa shape index (κ1) is 23.6. The van der Waals surface area contributed by atoms with E-state index < -0.39 is 0 Å². The molecule has 0 spiro atoms. The Morgan fingerprint density at radius 2 is 1.14 bits per heavy atom. The number of rotatable bonds is 4. The maximum Gasteiger partial charge on any atom is 0.164 e. The summed E-state index contributed by atoms with van der Waals surface area (Å²) in [4.78, 5) is 14.6. The van der Waals surface area contributed by atoms with Gasteiger partial charge in [0.25, 0.3) is 0 Å². The zero-order valence-electron chi connectivity index (χ0n) is 21.6. The lowest BCUT2D eigenvalue weighted by Gasteiger charge is -2.50. The fourth-order valence-electron chi connectivity index (χ4n) is 7.07. The molecule has 0 amide bonds. The number of nitrogens with zero attached hydrogens (tertiary/aromatic N) is 4. The molecule has 4 aromatic rings. The topological polar surface area (TPSA) is 62.5 Å². The molecule has 0 N–H and O–H groups in total. The molecule has 3 aromatic carbocycles. The first-order valence-corrected chi connectivity index (χ1v) is 13.4. The summed E-state index contributed by atoms with van der Waals surface area (Å²) in [5.74, 6) is 4.37. The second kappa shape index (κ2) is 9.56. The Morgan fingerprint density at radius 3 is 1.65 bits per heavy atom. The number of fused-ring (bicyclic) bond motifs is 2. The lowest BCUT2D eigenvalue weighted by atomic mass is 9.54. The summed E-state index contributed by atoms with van der Waals surface area (Å²) in [5, 5.41) is 9.19. The summed E-state index contributed by atoms with van der Waals surface area (Å²) in [6.07, 6.45) is 6.68. The summed E-state index contributed by atoms with van der Waals surface area (Å²) >= 11 is 0. The van der Waals surface area contributed by atoms with Crippen molar-refractivity contribution in [3.05, 3.63) is 90.0 Å². The van der Waals surface area contributed by atoms with Gasteiger partial charge in [0.1, 0.15) is 0 Å². The third-order valence-electron chi connectivity index (χ3n) is 8.32. The minimum absolute atomic E-state index is 0.306. The highest BCUT2D eigenvalue weighted by Crippen LogP contribution is 2.54. The minimum atomic E-state index is 0.306. The van der Waals surface area contributed by atoms with E-state index in [-0.39, 0.29) is 0 Å². The second-order valence-corrected chi connectivity index (χ2v) is 11.4. The molecule has 4 nitrogen and oxygen atoms in total. The molecule has 2 bridgehead atoms. The second-order valence-electron chi connectivity index (χ2n) is 11.4. The lowest BCUT2D eigenvalue weighted by Crippen LogP contribution is -2.42. The van der Waals surface area contributed by atoms with Crippen LogP contribution >= 0.6 is 0 Å². The average molecular weight is 485 g/mol. The van der Waals surface area contributed by atoms with E-state index in [1.54, 1.807) is 12.1 Å². The smallest absolute Gasteiger partial charge is 0.164 e. The third kappa shape index (κ3) is 4.67. The van der Waals surface area contributed by atoms with Gasteiger partial charge in [0.15, 0.2) is 17.5 Å². The van der Waals surface area contributed by atoms with Crippen molar-refractivity contribution in [1.29, 1.82) is 5.26 Å². The quantitative estimate of drug-likeness (QED) is 0.296. The molecule has 2 saturated carbocycles. The van der Waals surface area contributed by atoms with Gasteiger partial charge in [0.2, 0.25) is 0 Å². The predicted octanol–water partition coefficient (Wildman–Crippen LogP) is 7.85. The van der Waals surface area contributed by atoms with Crippen LogP contribution in [0.25, 0.3) is 34.2 Å². The zero-order chi connectivity index (χ0) is 25.4. The fourth-order valence-corrected chi connectivity index (χ4v) is 7.07. The zero-order valence-corrected chi connectivity index (χ0v) is 21.6. The highest BCUT2D eigenvalue weighted by Gasteiger charge is 2.45. The molecule has 0 aliphatic heterocycles. The number of nitriles is 1. The lowest BCUT2D eigenvalue weighted by molar-refractivity contribution is 0.0780. The van der Waals surface area contributed by atoms with E-state index in [1.807, 2.05) is 42.5 Å². The van der Waals surface area contributed by atoms with Crippen LogP contribution in [0, 0.1) is 29.1 Å². The molecule has 2 fully saturated rings. The van der Waals surface area contributed by atoms with Crippen molar-refractivity contribution in [2.24, 2.45) is 17.8 Å². The number of benzene rings is 3. The summed E-state index contributed by atoms with van der Waals surface area (Å²) in [5.41, 5.74) is 5.22. The van der Waals surface area contributed by atoms with E-state index in [9.17, 15) is 5.26 Å². The molecule has 4 atom stereocenters. The van der Waals surface area contributed by atoms with Crippen molar-refractivity contribution >= 4 is 0 Å². The molecule has 0 radical (unpaired) electrons. The predicted molar refractivity (Wildman–Crippen MR) is 147 cm³/mol. The van der Waals surface area contributed by atoms with Crippen LogP contribution in [0.5, 0.6) is 0 Å². The third-order valence-corrected chi connectivity index (χ3v) is 8.32. The highest BCUT2D eigenvalue weighted by molar-refractivity contribution is 5.67. The highest BCUT2D eigenvalue weighted by atomic mass is 15.0. The molecule has 1 heterocycles. The summed E-state index contributed by atoms with van der Waals surface area (Å²) in [7, 11) is 0. The van der Waals surface area contributed by atoms with Gasteiger partial charge in [-0.1, -0.05) is 68.4 Å². The number of hydrogen-bond acceptors (Lipinski definition) is 4. The maximum atomic E-state index is 9.19. The molecule has 6 rings (SSSR count). The van der Waals surface area contributed by atoms with Crippen LogP contribution in [0.1, 0.15) is 57.1 Å². The van der Waals surface area contributed by atoms with Gasteiger partial charge in [-0.3, -0.25) is 0 Å². The van der Waals surface area contributed by atoms with Crippen molar-refractivity contribution < 1.29 is 0 Å². The Hall–Kier alpha value is -3.84.